The second-order valence-electron chi connectivity index (χ2n) is 7.06. The van der Waals surface area contributed by atoms with Gasteiger partial charge >= 0.3 is 0 Å². The Morgan fingerprint density at radius 1 is 1.22 bits per heavy atom. The highest BCUT2D eigenvalue weighted by atomic mass is 16.1. The van der Waals surface area contributed by atoms with Gasteiger partial charge in [-0.3, -0.25) is 4.79 Å². The summed E-state index contributed by atoms with van der Waals surface area (Å²) >= 11 is 0. The van der Waals surface area contributed by atoms with Crippen molar-refractivity contribution in [1.29, 1.82) is 0 Å². The topological polar surface area (TPSA) is 68.8 Å². The molecule has 3 N–H and O–H groups in total. The van der Waals surface area contributed by atoms with E-state index in [0.717, 1.165) is 50.5 Å². The summed E-state index contributed by atoms with van der Waals surface area (Å²) in [6.45, 7) is 10.7. The van der Waals surface area contributed by atoms with E-state index < -0.39 is 0 Å². The maximum absolute atomic E-state index is 12.2. The van der Waals surface area contributed by atoms with E-state index >= 15 is 0 Å². The fourth-order valence-corrected chi connectivity index (χ4v) is 3.35. The monoisotopic (exact) mass is 373 g/mol. The van der Waals surface area contributed by atoms with Crippen LogP contribution in [0.2, 0.25) is 0 Å². The van der Waals surface area contributed by atoms with Crippen LogP contribution < -0.4 is 16.0 Å². The van der Waals surface area contributed by atoms with E-state index in [1.807, 2.05) is 25.1 Å². The first kappa shape index (κ1) is 21.2. The number of hydrogen-bond acceptors (Lipinski definition) is 3. The van der Waals surface area contributed by atoms with E-state index in [1.54, 1.807) is 0 Å². The summed E-state index contributed by atoms with van der Waals surface area (Å²) in [5.74, 6) is 0.627. The Morgan fingerprint density at radius 2 is 2.00 bits per heavy atom. The Hall–Kier alpha value is -2.08. The van der Waals surface area contributed by atoms with Crippen LogP contribution in [-0.2, 0) is 11.2 Å². The Labute approximate surface area is 163 Å². The number of carbonyl (C=O) groups is 1. The molecule has 0 aliphatic carbocycles. The van der Waals surface area contributed by atoms with Crippen molar-refractivity contribution in [3.8, 4) is 0 Å². The van der Waals surface area contributed by atoms with Crippen LogP contribution in [0.4, 0.5) is 5.69 Å². The summed E-state index contributed by atoms with van der Waals surface area (Å²) in [4.78, 5) is 19.2. The second-order valence-corrected chi connectivity index (χ2v) is 7.06. The smallest absolute Gasteiger partial charge is 0.246 e. The lowest BCUT2D eigenvalue weighted by Crippen LogP contribution is -2.49. The highest BCUT2D eigenvalue weighted by Crippen LogP contribution is 2.11. The molecule has 1 saturated heterocycles. The van der Waals surface area contributed by atoms with Crippen LogP contribution in [0.15, 0.2) is 29.3 Å². The molecule has 2 rings (SSSR count). The Kier molecular flexibility index (Phi) is 9.11. The SMILES string of the molecule is CCCN1CCC(NC(=NCC(=O)Nc2cccc(CC)c2)NCC)CC1. The van der Waals surface area contributed by atoms with Gasteiger partial charge in [-0.1, -0.05) is 26.0 Å². The van der Waals surface area contributed by atoms with Gasteiger partial charge in [0.05, 0.1) is 0 Å². The Balaban J connectivity index is 1.84. The normalized spacial score (nSPS) is 16.2. The van der Waals surface area contributed by atoms with Crippen LogP contribution in [0, 0.1) is 0 Å². The standard InChI is InChI=1S/C21H35N5O/c1-4-12-26-13-10-18(11-14-26)25-21(22-6-3)23-16-20(27)24-19-9-7-8-17(5-2)15-19/h7-9,15,18H,4-6,10-14,16H2,1-3H3,(H,24,27)(H2,22,23,25). The number of guanidine groups is 1. The zero-order valence-corrected chi connectivity index (χ0v) is 17.1. The summed E-state index contributed by atoms with van der Waals surface area (Å²) in [6, 6.07) is 8.37. The number of nitrogens with one attached hydrogen (secondary N) is 3. The molecule has 27 heavy (non-hydrogen) atoms. The van der Waals surface area contributed by atoms with E-state index in [4.69, 9.17) is 0 Å². The number of benzene rings is 1. The molecule has 0 saturated carbocycles. The lowest BCUT2D eigenvalue weighted by molar-refractivity contribution is -0.114. The zero-order valence-electron chi connectivity index (χ0n) is 17.1. The van der Waals surface area contributed by atoms with Crippen LogP contribution in [0.5, 0.6) is 0 Å². The number of nitrogens with zero attached hydrogens (tertiary/aromatic N) is 2. The lowest BCUT2D eigenvalue weighted by atomic mass is 10.1. The average molecular weight is 374 g/mol. The quantitative estimate of drug-likeness (QED) is 0.484. The molecule has 150 valence electrons. The van der Waals surface area contributed by atoms with Crippen molar-refractivity contribution in [2.75, 3.05) is 38.0 Å². The van der Waals surface area contributed by atoms with Crippen molar-refractivity contribution in [3.63, 3.8) is 0 Å². The van der Waals surface area contributed by atoms with E-state index in [2.05, 4.69) is 45.8 Å². The largest absolute Gasteiger partial charge is 0.357 e. The number of amides is 1. The molecule has 0 radical (unpaired) electrons. The molecule has 0 bridgehead atoms. The van der Waals surface area contributed by atoms with Gasteiger partial charge in [-0.15, -0.1) is 0 Å². The van der Waals surface area contributed by atoms with Crippen molar-refractivity contribution in [2.45, 2.75) is 52.5 Å². The number of rotatable bonds is 8. The average Bonchev–Trinajstić information content (AvgIpc) is 2.68. The van der Waals surface area contributed by atoms with Gasteiger partial charge in [-0.25, -0.2) is 4.99 Å². The van der Waals surface area contributed by atoms with E-state index in [-0.39, 0.29) is 12.5 Å². The van der Waals surface area contributed by atoms with Gasteiger partial charge in [0, 0.05) is 31.4 Å². The van der Waals surface area contributed by atoms with Gasteiger partial charge in [0.2, 0.25) is 5.91 Å². The molecule has 1 aliphatic rings. The Bertz CT molecular complexity index is 608. The van der Waals surface area contributed by atoms with Crippen molar-refractivity contribution in [2.24, 2.45) is 4.99 Å². The summed E-state index contributed by atoms with van der Waals surface area (Å²) in [5.41, 5.74) is 2.04. The number of aryl methyl sites for hydroxylation is 1. The highest BCUT2D eigenvalue weighted by Gasteiger charge is 2.19. The van der Waals surface area contributed by atoms with E-state index in [0.29, 0.717) is 6.04 Å². The number of likely N-dealkylation sites (tertiary alicyclic amines) is 1. The second kappa shape index (κ2) is 11.6. The first-order chi connectivity index (χ1) is 13.1. The molecule has 1 aromatic rings. The molecule has 0 aromatic heterocycles. The predicted molar refractivity (Wildman–Crippen MR) is 113 cm³/mol. The molecule has 0 unspecified atom stereocenters. The summed E-state index contributed by atoms with van der Waals surface area (Å²) in [6.07, 6.45) is 4.38. The fourth-order valence-electron chi connectivity index (χ4n) is 3.35. The van der Waals surface area contributed by atoms with Crippen molar-refractivity contribution in [1.82, 2.24) is 15.5 Å². The number of hydrogen-bond donors (Lipinski definition) is 3. The fraction of sp³-hybridized carbons (Fsp3) is 0.619. The van der Waals surface area contributed by atoms with Crippen LogP contribution in [-0.4, -0.2) is 55.5 Å². The zero-order chi connectivity index (χ0) is 19.5. The minimum atomic E-state index is -0.0989. The van der Waals surface area contributed by atoms with Crippen LogP contribution >= 0.6 is 0 Å². The minimum Gasteiger partial charge on any atom is -0.357 e. The van der Waals surface area contributed by atoms with E-state index in [9.17, 15) is 4.79 Å². The van der Waals surface area contributed by atoms with Crippen LogP contribution in [0.3, 0.4) is 0 Å². The van der Waals surface area contributed by atoms with Gasteiger partial charge in [-0.05, 0) is 56.8 Å². The van der Waals surface area contributed by atoms with Crippen molar-refractivity contribution < 1.29 is 4.79 Å². The van der Waals surface area contributed by atoms with Gasteiger partial charge < -0.3 is 20.9 Å². The third-order valence-electron chi connectivity index (χ3n) is 4.81. The molecule has 1 amide bonds. The number of aliphatic imine (C=N–C) groups is 1. The van der Waals surface area contributed by atoms with Crippen molar-refractivity contribution >= 4 is 17.6 Å². The molecule has 0 atom stereocenters. The van der Waals surface area contributed by atoms with Gasteiger partial charge in [0.15, 0.2) is 5.96 Å². The minimum absolute atomic E-state index is 0.0989. The molecule has 0 spiro atoms. The molecule has 6 nitrogen and oxygen atoms in total. The number of piperidine rings is 1. The molecule has 6 heteroatoms. The maximum atomic E-state index is 12.2. The van der Waals surface area contributed by atoms with Crippen molar-refractivity contribution in [3.05, 3.63) is 29.8 Å². The molecular weight excluding hydrogens is 338 g/mol. The summed E-state index contributed by atoms with van der Waals surface area (Å²) in [7, 11) is 0. The first-order valence-electron chi connectivity index (χ1n) is 10.3. The first-order valence-corrected chi connectivity index (χ1v) is 10.3. The van der Waals surface area contributed by atoms with Gasteiger partial charge in [0.1, 0.15) is 6.54 Å². The highest BCUT2D eigenvalue weighted by molar-refractivity contribution is 5.94. The summed E-state index contributed by atoms with van der Waals surface area (Å²) in [5, 5.41) is 9.67. The predicted octanol–water partition coefficient (Wildman–Crippen LogP) is 2.62. The van der Waals surface area contributed by atoms with E-state index in [1.165, 1.54) is 18.5 Å². The lowest BCUT2D eigenvalue weighted by Gasteiger charge is -2.32. The molecule has 1 aliphatic heterocycles. The molecular formula is C21H35N5O. The third kappa shape index (κ3) is 7.59. The molecule has 1 aromatic carbocycles. The van der Waals surface area contributed by atoms with Crippen LogP contribution in [0.1, 0.15) is 45.6 Å². The van der Waals surface area contributed by atoms with Gasteiger partial charge in [-0.2, -0.15) is 0 Å². The molecule has 1 heterocycles. The van der Waals surface area contributed by atoms with Crippen LogP contribution in [0.25, 0.3) is 0 Å². The summed E-state index contributed by atoms with van der Waals surface area (Å²) < 4.78 is 0. The molecule has 1 fully saturated rings. The number of anilines is 1. The third-order valence-corrected chi connectivity index (χ3v) is 4.81. The maximum Gasteiger partial charge on any atom is 0.246 e. The van der Waals surface area contributed by atoms with Gasteiger partial charge in [0.25, 0.3) is 0 Å². The Morgan fingerprint density at radius 3 is 2.67 bits per heavy atom. The number of carbonyl (C=O) groups excluding carboxylic acids is 1.